The third-order valence-corrected chi connectivity index (χ3v) is 3.67. The van der Waals surface area contributed by atoms with Gasteiger partial charge in [0.05, 0.1) is 0 Å². The maximum atomic E-state index is 12.0. The molecule has 6 heteroatoms. The molecule has 2 aromatic rings. The number of aromatic amines is 1. The quantitative estimate of drug-likeness (QED) is 0.737. The van der Waals surface area contributed by atoms with E-state index in [1.807, 2.05) is 58.9 Å². The molecule has 2 amide bonds. The lowest BCUT2D eigenvalue weighted by molar-refractivity contribution is 0.0951. The van der Waals surface area contributed by atoms with Crippen molar-refractivity contribution < 1.29 is 14.3 Å². The Balaban J connectivity index is 0.00000163. The van der Waals surface area contributed by atoms with Gasteiger partial charge >= 0.3 is 0 Å². The lowest BCUT2D eigenvalue weighted by Crippen LogP contribution is -2.23. The number of hydrogen-bond donors (Lipinski definition) is 3. The molecule has 0 aliphatic carbocycles. The van der Waals surface area contributed by atoms with Gasteiger partial charge in [0.1, 0.15) is 17.5 Å². The van der Waals surface area contributed by atoms with Gasteiger partial charge in [0, 0.05) is 19.7 Å². The minimum absolute atomic E-state index is 0.234. The Morgan fingerprint density at radius 2 is 1.77 bits per heavy atom. The second-order valence-corrected chi connectivity index (χ2v) is 5.53. The van der Waals surface area contributed by atoms with Gasteiger partial charge in [0.2, 0.25) is 0 Å². The van der Waals surface area contributed by atoms with Crippen molar-refractivity contribution in [3.8, 4) is 5.75 Å². The molecule has 2 rings (SSSR count). The Kier molecular flexibility index (Phi) is 8.42. The fourth-order valence-corrected chi connectivity index (χ4v) is 2.30. The number of carbonyl (C=O) groups is 2. The summed E-state index contributed by atoms with van der Waals surface area (Å²) in [5.74, 6) is -0.263. The molecule has 142 valence electrons. The van der Waals surface area contributed by atoms with E-state index < -0.39 is 0 Å². The number of carbonyl (C=O) groups excluding carboxylic acids is 2. The van der Waals surface area contributed by atoms with E-state index in [1.54, 1.807) is 6.07 Å². The molecule has 1 heterocycles. The van der Waals surface area contributed by atoms with E-state index >= 15 is 0 Å². The number of hydrogen-bond acceptors (Lipinski definition) is 3. The number of aromatic nitrogens is 1. The van der Waals surface area contributed by atoms with Gasteiger partial charge in [0.15, 0.2) is 5.75 Å². The number of benzene rings is 1. The zero-order chi connectivity index (χ0) is 19.7. The lowest BCUT2D eigenvalue weighted by atomic mass is 10.1. The van der Waals surface area contributed by atoms with E-state index in [0.29, 0.717) is 18.0 Å². The SMILES string of the molecule is CC.CCNC(=O)c1cc(OC(C)c2ccc(C)cc2)c(C(=O)NC)[nH]1. The molecule has 6 nitrogen and oxygen atoms in total. The summed E-state index contributed by atoms with van der Waals surface area (Å²) < 4.78 is 5.93. The van der Waals surface area contributed by atoms with Crippen LogP contribution in [0.25, 0.3) is 0 Å². The van der Waals surface area contributed by atoms with Crippen LogP contribution in [0.5, 0.6) is 5.75 Å². The number of H-pyrrole nitrogens is 1. The Morgan fingerprint density at radius 3 is 2.31 bits per heavy atom. The van der Waals surface area contributed by atoms with Gasteiger partial charge in [0.25, 0.3) is 11.8 Å². The molecule has 1 aromatic carbocycles. The van der Waals surface area contributed by atoms with Gasteiger partial charge in [-0.25, -0.2) is 0 Å². The highest BCUT2D eigenvalue weighted by atomic mass is 16.5. The molecule has 0 saturated heterocycles. The Labute approximate surface area is 155 Å². The molecule has 3 N–H and O–H groups in total. The first-order valence-electron chi connectivity index (χ1n) is 8.92. The van der Waals surface area contributed by atoms with Crippen molar-refractivity contribution in [2.75, 3.05) is 13.6 Å². The van der Waals surface area contributed by atoms with Crippen LogP contribution in [0.4, 0.5) is 0 Å². The summed E-state index contributed by atoms with van der Waals surface area (Å²) in [6, 6.07) is 9.53. The number of amides is 2. The van der Waals surface area contributed by atoms with Crippen LogP contribution >= 0.6 is 0 Å². The van der Waals surface area contributed by atoms with E-state index in [1.165, 1.54) is 7.05 Å². The zero-order valence-electron chi connectivity index (χ0n) is 16.4. The molecule has 1 atom stereocenters. The van der Waals surface area contributed by atoms with Gasteiger partial charge in [-0.3, -0.25) is 9.59 Å². The molecule has 0 saturated carbocycles. The first kappa shape index (κ1) is 21.3. The highest BCUT2D eigenvalue weighted by molar-refractivity contribution is 5.99. The zero-order valence-corrected chi connectivity index (χ0v) is 16.4. The predicted octanol–water partition coefficient (Wildman–Crippen LogP) is 3.60. The van der Waals surface area contributed by atoms with E-state index in [9.17, 15) is 9.59 Å². The highest BCUT2D eigenvalue weighted by Gasteiger charge is 2.21. The van der Waals surface area contributed by atoms with E-state index in [2.05, 4.69) is 15.6 Å². The third-order valence-electron chi connectivity index (χ3n) is 3.67. The highest BCUT2D eigenvalue weighted by Crippen LogP contribution is 2.26. The van der Waals surface area contributed by atoms with Crippen molar-refractivity contribution in [2.45, 2.75) is 40.7 Å². The molecular weight excluding hydrogens is 330 g/mol. The van der Waals surface area contributed by atoms with Gasteiger partial charge in [-0.05, 0) is 26.3 Å². The molecule has 1 unspecified atom stereocenters. The van der Waals surface area contributed by atoms with E-state index in [0.717, 1.165) is 11.1 Å². The minimum Gasteiger partial charge on any atom is -0.484 e. The van der Waals surface area contributed by atoms with Gasteiger partial charge < -0.3 is 20.4 Å². The summed E-state index contributed by atoms with van der Waals surface area (Å²) in [7, 11) is 1.53. The van der Waals surface area contributed by atoms with E-state index in [4.69, 9.17) is 4.74 Å². The van der Waals surface area contributed by atoms with Crippen LogP contribution in [-0.2, 0) is 0 Å². The van der Waals surface area contributed by atoms with Crippen molar-refractivity contribution in [2.24, 2.45) is 0 Å². The molecule has 0 radical (unpaired) electrons. The standard InChI is InChI=1S/C18H23N3O3.C2H6/c1-5-20-17(22)14-10-15(16(21-14)18(23)19-4)24-12(3)13-8-6-11(2)7-9-13;1-2/h6-10,12,21H,5H2,1-4H3,(H,19,23)(H,20,22);1-2H3. The van der Waals surface area contributed by atoms with Crippen LogP contribution in [0.1, 0.15) is 65.9 Å². The Bertz CT molecular complexity index is 720. The second kappa shape index (κ2) is 10.3. The molecule has 0 bridgehead atoms. The molecular formula is C20H29N3O3. The largest absolute Gasteiger partial charge is 0.484 e. The van der Waals surface area contributed by atoms with E-state index in [-0.39, 0.29) is 23.6 Å². The van der Waals surface area contributed by atoms with Crippen molar-refractivity contribution in [3.05, 3.63) is 52.8 Å². The van der Waals surface area contributed by atoms with Crippen LogP contribution in [0.2, 0.25) is 0 Å². The van der Waals surface area contributed by atoms with Gasteiger partial charge in [-0.15, -0.1) is 0 Å². The van der Waals surface area contributed by atoms with Crippen LogP contribution in [-0.4, -0.2) is 30.4 Å². The molecule has 1 aromatic heterocycles. The summed E-state index contributed by atoms with van der Waals surface area (Å²) in [4.78, 5) is 26.9. The maximum absolute atomic E-state index is 12.0. The number of rotatable bonds is 6. The minimum atomic E-state index is -0.336. The summed E-state index contributed by atoms with van der Waals surface area (Å²) in [5.41, 5.74) is 2.68. The van der Waals surface area contributed by atoms with Crippen LogP contribution in [0, 0.1) is 6.92 Å². The first-order chi connectivity index (χ1) is 12.5. The van der Waals surface area contributed by atoms with Crippen LogP contribution < -0.4 is 15.4 Å². The van der Waals surface area contributed by atoms with Gasteiger partial charge in [-0.1, -0.05) is 43.7 Å². The average molecular weight is 359 g/mol. The maximum Gasteiger partial charge on any atom is 0.271 e. The number of aryl methyl sites for hydroxylation is 1. The second-order valence-electron chi connectivity index (χ2n) is 5.53. The molecule has 26 heavy (non-hydrogen) atoms. The van der Waals surface area contributed by atoms with Crippen LogP contribution in [0.15, 0.2) is 30.3 Å². The van der Waals surface area contributed by atoms with Crippen molar-refractivity contribution in [1.29, 1.82) is 0 Å². The third kappa shape index (κ3) is 5.37. The summed E-state index contributed by atoms with van der Waals surface area (Å²) in [6.45, 7) is 10.3. The van der Waals surface area contributed by atoms with Crippen LogP contribution in [0.3, 0.4) is 0 Å². The summed E-state index contributed by atoms with van der Waals surface area (Å²) >= 11 is 0. The number of nitrogens with one attached hydrogen (secondary N) is 3. The van der Waals surface area contributed by atoms with Crippen molar-refractivity contribution >= 4 is 11.8 Å². The first-order valence-corrected chi connectivity index (χ1v) is 8.92. The molecule has 0 aliphatic rings. The van der Waals surface area contributed by atoms with Crippen molar-refractivity contribution in [3.63, 3.8) is 0 Å². The normalized spacial score (nSPS) is 11.0. The molecule has 0 aliphatic heterocycles. The fraction of sp³-hybridized carbons (Fsp3) is 0.400. The van der Waals surface area contributed by atoms with Crippen molar-refractivity contribution in [1.82, 2.24) is 15.6 Å². The Morgan fingerprint density at radius 1 is 1.15 bits per heavy atom. The summed E-state index contributed by atoms with van der Waals surface area (Å²) in [6.07, 6.45) is -0.258. The topological polar surface area (TPSA) is 83.2 Å². The number of ether oxygens (including phenoxy) is 1. The Hall–Kier alpha value is -2.76. The predicted molar refractivity (Wildman–Crippen MR) is 104 cm³/mol. The monoisotopic (exact) mass is 359 g/mol. The lowest BCUT2D eigenvalue weighted by Gasteiger charge is -2.15. The fourth-order valence-electron chi connectivity index (χ4n) is 2.30. The smallest absolute Gasteiger partial charge is 0.271 e. The summed E-state index contributed by atoms with van der Waals surface area (Å²) in [5, 5.41) is 5.24. The molecule has 0 spiro atoms. The average Bonchev–Trinajstić information content (AvgIpc) is 3.07. The molecule has 0 fully saturated rings. The van der Waals surface area contributed by atoms with Gasteiger partial charge in [-0.2, -0.15) is 0 Å².